The summed E-state index contributed by atoms with van der Waals surface area (Å²) in [6.07, 6.45) is -0.576. The Kier molecular flexibility index (Phi) is 5.93. The number of ether oxygens (including phenoxy) is 2. The number of rotatable bonds is 7. The van der Waals surface area contributed by atoms with Gasteiger partial charge in [0, 0.05) is 6.42 Å². The Morgan fingerprint density at radius 1 is 1.21 bits per heavy atom. The molecule has 1 amide bonds. The van der Waals surface area contributed by atoms with Crippen molar-refractivity contribution in [1.82, 2.24) is 4.98 Å². The van der Waals surface area contributed by atoms with Gasteiger partial charge in [-0.3, -0.25) is 9.59 Å². The molecule has 0 aliphatic carbocycles. The maximum absolute atomic E-state index is 12.3. The summed E-state index contributed by atoms with van der Waals surface area (Å²) in [7, 11) is 1.52. The summed E-state index contributed by atoms with van der Waals surface area (Å²) in [5.41, 5.74) is 2.91. The molecule has 0 aliphatic heterocycles. The lowest BCUT2D eigenvalue weighted by Gasteiger charge is -2.15. The number of esters is 1. The number of methoxy groups -OCH3 is 1. The molecule has 0 fully saturated rings. The molecule has 7 nitrogen and oxygen atoms in total. The summed E-state index contributed by atoms with van der Waals surface area (Å²) in [4.78, 5) is 28.7. The van der Waals surface area contributed by atoms with Crippen molar-refractivity contribution in [3.63, 3.8) is 0 Å². The highest BCUT2D eigenvalue weighted by Gasteiger charge is 2.20. The minimum Gasteiger partial charge on any atom is -0.495 e. The zero-order valence-corrected chi connectivity index (χ0v) is 16.0. The molecule has 0 bridgehead atoms. The van der Waals surface area contributed by atoms with E-state index in [0.717, 1.165) is 11.1 Å². The number of carbonyl (C=O) groups excluding carboxylic acids is 2. The molecule has 1 atom stereocenters. The number of hydrogen-bond acceptors (Lipinski definition) is 6. The van der Waals surface area contributed by atoms with E-state index in [2.05, 4.69) is 10.3 Å². The van der Waals surface area contributed by atoms with E-state index in [0.29, 0.717) is 29.3 Å². The first-order valence-corrected chi connectivity index (χ1v) is 8.95. The van der Waals surface area contributed by atoms with Crippen LogP contribution in [0.25, 0.3) is 11.1 Å². The SMILES string of the molecule is COc1ccc(C)cc1NC(=O)[C@@H](C)OC(=O)CCc1nc2ccccc2o1. The summed E-state index contributed by atoms with van der Waals surface area (Å²) in [6, 6.07) is 12.8. The van der Waals surface area contributed by atoms with E-state index in [4.69, 9.17) is 13.9 Å². The molecule has 0 saturated carbocycles. The summed E-state index contributed by atoms with van der Waals surface area (Å²) in [6.45, 7) is 3.43. The van der Waals surface area contributed by atoms with Crippen molar-refractivity contribution in [3.05, 3.63) is 53.9 Å². The normalized spacial score (nSPS) is 11.8. The van der Waals surface area contributed by atoms with Gasteiger partial charge in [0.1, 0.15) is 11.3 Å². The second-order valence-electron chi connectivity index (χ2n) is 6.40. The van der Waals surface area contributed by atoms with Gasteiger partial charge in [-0.25, -0.2) is 4.98 Å². The van der Waals surface area contributed by atoms with Crippen LogP contribution in [0, 0.1) is 6.92 Å². The van der Waals surface area contributed by atoms with Gasteiger partial charge < -0.3 is 19.2 Å². The predicted octanol–water partition coefficient (Wildman–Crippen LogP) is 3.65. The fraction of sp³-hybridized carbons (Fsp3) is 0.286. The third kappa shape index (κ3) is 4.68. The lowest BCUT2D eigenvalue weighted by molar-refractivity contribution is -0.153. The van der Waals surface area contributed by atoms with Gasteiger partial charge in [-0.05, 0) is 43.7 Å². The monoisotopic (exact) mass is 382 g/mol. The van der Waals surface area contributed by atoms with Crippen LogP contribution in [0.15, 0.2) is 46.9 Å². The Morgan fingerprint density at radius 2 is 2.00 bits per heavy atom. The first-order chi connectivity index (χ1) is 13.5. The molecular weight excluding hydrogens is 360 g/mol. The zero-order chi connectivity index (χ0) is 20.1. The Labute approximate surface area is 162 Å². The van der Waals surface area contributed by atoms with Crippen LogP contribution >= 0.6 is 0 Å². The molecule has 2 aromatic carbocycles. The molecule has 0 spiro atoms. The molecule has 0 unspecified atom stereocenters. The van der Waals surface area contributed by atoms with Gasteiger partial charge in [-0.1, -0.05) is 18.2 Å². The Balaban J connectivity index is 1.53. The molecule has 0 radical (unpaired) electrons. The minimum absolute atomic E-state index is 0.0677. The largest absolute Gasteiger partial charge is 0.495 e. The number of carbonyl (C=O) groups is 2. The van der Waals surface area contributed by atoms with E-state index in [9.17, 15) is 9.59 Å². The van der Waals surface area contributed by atoms with Gasteiger partial charge in [-0.15, -0.1) is 0 Å². The molecule has 1 N–H and O–H groups in total. The number of nitrogens with one attached hydrogen (secondary N) is 1. The smallest absolute Gasteiger partial charge is 0.307 e. The van der Waals surface area contributed by atoms with Crippen molar-refractivity contribution in [2.75, 3.05) is 12.4 Å². The molecule has 28 heavy (non-hydrogen) atoms. The number of aryl methyl sites for hydroxylation is 2. The number of hydrogen-bond donors (Lipinski definition) is 1. The summed E-state index contributed by atoms with van der Waals surface area (Å²) < 4.78 is 16.0. The van der Waals surface area contributed by atoms with E-state index in [1.165, 1.54) is 14.0 Å². The summed E-state index contributed by atoms with van der Waals surface area (Å²) >= 11 is 0. The van der Waals surface area contributed by atoms with Crippen LogP contribution in [0.5, 0.6) is 5.75 Å². The Morgan fingerprint density at radius 3 is 2.75 bits per heavy atom. The topological polar surface area (TPSA) is 90.7 Å². The van der Waals surface area contributed by atoms with E-state index >= 15 is 0 Å². The van der Waals surface area contributed by atoms with Gasteiger partial charge in [0.15, 0.2) is 17.6 Å². The maximum Gasteiger partial charge on any atom is 0.307 e. The summed E-state index contributed by atoms with van der Waals surface area (Å²) in [5.74, 6) is 0.0633. The van der Waals surface area contributed by atoms with E-state index < -0.39 is 18.0 Å². The van der Waals surface area contributed by atoms with Crippen LogP contribution in [0.4, 0.5) is 5.69 Å². The molecule has 7 heteroatoms. The average molecular weight is 382 g/mol. The van der Waals surface area contributed by atoms with Crippen molar-refractivity contribution >= 4 is 28.7 Å². The first kappa shape index (κ1) is 19.4. The lowest BCUT2D eigenvalue weighted by atomic mass is 10.2. The van der Waals surface area contributed by atoms with Crippen LogP contribution < -0.4 is 10.1 Å². The number of nitrogens with zero attached hydrogens (tertiary/aromatic N) is 1. The molecule has 3 aromatic rings. The molecule has 146 valence electrons. The fourth-order valence-corrected chi connectivity index (χ4v) is 2.70. The quantitative estimate of drug-likeness (QED) is 0.627. The fourth-order valence-electron chi connectivity index (χ4n) is 2.70. The second-order valence-corrected chi connectivity index (χ2v) is 6.40. The van der Waals surface area contributed by atoms with Gasteiger partial charge >= 0.3 is 5.97 Å². The van der Waals surface area contributed by atoms with Gasteiger partial charge in [0.05, 0.1) is 19.2 Å². The standard InChI is InChI=1S/C21H22N2O5/c1-13-8-9-17(26-3)16(12-13)23-21(25)14(2)27-20(24)11-10-19-22-15-6-4-5-7-18(15)28-19/h4-9,12,14H,10-11H2,1-3H3,(H,23,25)/t14-/m1/s1. The Hall–Kier alpha value is -3.35. The van der Waals surface area contributed by atoms with E-state index in [1.54, 1.807) is 12.1 Å². The Bertz CT molecular complexity index is 962. The van der Waals surface area contributed by atoms with Crippen molar-refractivity contribution in [1.29, 1.82) is 0 Å². The molecule has 0 saturated heterocycles. The number of benzene rings is 2. The highest BCUT2D eigenvalue weighted by molar-refractivity contribution is 5.96. The molecule has 0 aliphatic rings. The van der Waals surface area contributed by atoms with Crippen molar-refractivity contribution < 1.29 is 23.5 Å². The number of anilines is 1. The first-order valence-electron chi connectivity index (χ1n) is 8.95. The van der Waals surface area contributed by atoms with Gasteiger partial charge in [-0.2, -0.15) is 0 Å². The van der Waals surface area contributed by atoms with Crippen LogP contribution in [-0.2, 0) is 20.7 Å². The van der Waals surface area contributed by atoms with Crippen LogP contribution in [0.3, 0.4) is 0 Å². The molecule has 1 heterocycles. The molecule has 1 aromatic heterocycles. The predicted molar refractivity (Wildman–Crippen MR) is 104 cm³/mol. The minimum atomic E-state index is -0.943. The third-order valence-electron chi connectivity index (χ3n) is 4.17. The second kappa shape index (κ2) is 8.56. The maximum atomic E-state index is 12.3. The molecule has 3 rings (SSSR count). The van der Waals surface area contributed by atoms with Crippen LogP contribution in [0.1, 0.15) is 24.8 Å². The van der Waals surface area contributed by atoms with Crippen LogP contribution in [-0.4, -0.2) is 30.1 Å². The zero-order valence-electron chi connectivity index (χ0n) is 16.0. The van der Waals surface area contributed by atoms with Crippen molar-refractivity contribution in [3.8, 4) is 5.75 Å². The van der Waals surface area contributed by atoms with Crippen molar-refractivity contribution in [2.24, 2.45) is 0 Å². The number of para-hydroxylation sites is 2. The van der Waals surface area contributed by atoms with E-state index in [1.807, 2.05) is 37.3 Å². The average Bonchev–Trinajstić information content (AvgIpc) is 3.09. The molecular formula is C21H22N2O5. The van der Waals surface area contributed by atoms with Gasteiger partial charge in [0.2, 0.25) is 0 Å². The number of fused-ring (bicyclic) bond motifs is 1. The van der Waals surface area contributed by atoms with Crippen molar-refractivity contribution in [2.45, 2.75) is 32.8 Å². The lowest BCUT2D eigenvalue weighted by Crippen LogP contribution is -2.30. The van der Waals surface area contributed by atoms with E-state index in [-0.39, 0.29) is 6.42 Å². The summed E-state index contributed by atoms with van der Waals surface area (Å²) in [5, 5.41) is 2.73. The number of aromatic nitrogens is 1. The van der Waals surface area contributed by atoms with Crippen LogP contribution in [0.2, 0.25) is 0 Å². The van der Waals surface area contributed by atoms with Gasteiger partial charge in [0.25, 0.3) is 5.91 Å². The number of amides is 1. The highest BCUT2D eigenvalue weighted by Crippen LogP contribution is 2.25. The number of oxazole rings is 1. The highest BCUT2D eigenvalue weighted by atomic mass is 16.5. The third-order valence-corrected chi connectivity index (χ3v) is 4.17.